The molecule has 118 valence electrons. The molecule has 3 rings (SSSR count). The second-order valence-electron chi connectivity index (χ2n) is 5.10. The van der Waals surface area contributed by atoms with Gasteiger partial charge in [-0.3, -0.25) is 4.79 Å². The van der Waals surface area contributed by atoms with E-state index in [9.17, 15) is 9.18 Å². The Balaban J connectivity index is 1.52. The number of fused-ring (bicyclic) bond motifs is 1. The minimum Gasteiger partial charge on any atom is -0.325 e. The molecule has 3 nitrogen and oxygen atoms in total. The zero-order valence-electron chi connectivity index (χ0n) is 12.2. The van der Waals surface area contributed by atoms with Gasteiger partial charge in [0, 0.05) is 10.9 Å². The fourth-order valence-electron chi connectivity index (χ4n) is 2.23. The maximum atomic E-state index is 13.0. The average Bonchev–Trinajstić information content (AvgIpc) is 2.93. The van der Waals surface area contributed by atoms with E-state index in [-0.39, 0.29) is 11.7 Å². The van der Waals surface area contributed by atoms with E-state index in [0.717, 1.165) is 23.4 Å². The summed E-state index contributed by atoms with van der Waals surface area (Å²) in [5.41, 5.74) is 1.59. The zero-order chi connectivity index (χ0) is 16.2. The molecule has 0 atom stereocenters. The summed E-state index contributed by atoms with van der Waals surface area (Å²) in [4.78, 5) is 16.5. The highest BCUT2D eigenvalue weighted by molar-refractivity contribution is 9.10. The Morgan fingerprint density at radius 3 is 2.87 bits per heavy atom. The number of hydrogen-bond acceptors (Lipinski definition) is 3. The van der Waals surface area contributed by atoms with Crippen LogP contribution in [0.4, 0.5) is 10.1 Å². The number of thiazole rings is 1. The molecule has 1 aromatic heterocycles. The highest BCUT2D eigenvalue weighted by atomic mass is 79.9. The molecule has 1 amide bonds. The molecule has 6 heteroatoms. The number of carbonyl (C=O) groups is 1. The Morgan fingerprint density at radius 1 is 1.26 bits per heavy atom. The molecule has 0 aliphatic rings. The van der Waals surface area contributed by atoms with E-state index < -0.39 is 0 Å². The SMILES string of the molecule is O=C(CCCc1nc2ccccc2s1)Nc1ccc(F)cc1Br. The largest absolute Gasteiger partial charge is 0.325 e. The lowest BCUT2D eigenvalue weighted by molar-refractivity contribution is -0.116. The van der Waals surface area contributed by atoms with Crippen molar-refractivity contribution in [3.8, 4) is 0 Å². The van der Waals surface area contributed by atoms with Crippen molar-refractivity contribution in [1.82, 2.24) is 4.98 Å². The number of aryl methyl sites for hydroxylation is 1. The Hall–Kier alpha value is -1.79. The predicted molar refractivity (Wildman–Crippen MR) is 95.3 cm³/mol. The molecule has 0 saturated heterocycles. The Labute approximate surface area is 145 Å². The first kappa shape index (κ1) is 16.1. The van der Waals surface area contributed by atoms with E-state index in [1.807, 2.05) is 18.2 Å². The second-order valence-corrected chi connectivity index (χ2v) is 7.07. The van der Waals surface area contributed by atoms with Gasteiger partial charge in [-0.05, 0) is 59.1 Å². The molecule has 0 bridgehead atoms. The van der Waals surface area contributed by atoms with Gasteiger partial charge in [0.25, 0.3) is 0 Å². The lowest BCUT2D eigenvalue weighted by Crippen LogP contribution is -2.12. The fourth-order valence-corrected chi connectivity index (χ4v) is 3.69. The molecule has 1 heterocycles. The van der Waals surface area contributed by atoms with Gasteiger partial charge < -0.3 is 5.32 Å². The average molecular weight is 393 g/mol. The van der Waals surface area contributed by atoms with Crippen LogP contribution in [-0.2, 0) is 11.2 Å². The number of rotatable bonds is 5. The van der Waals surface area contributed by atoms with E-state index in [1.165, 1.54) is 16.8 Å². The fraction of sp³-hybridized carbons (Fsp3) is 0.176. The molecule has 0 unspecified atom stereocenters. The van der Waals surface area contributed by atoms with Crippen molar-refractivity contribution >= 4 is 49.1 Å². The van der Waals surface area contributed by atoms with E-state index >= 15 is 0 Å². The summed E-state index contributed by atoms with van der Waals surface area (Å²) >= 11 is 4.90. The van der Waals surface area contributed by atoms with Gasteiger partial charge in [0.1, 0.15) is 5.82 Å². The molecule has 2 aromatic carbocycles. The minimum absolute atomic E-state index is 0.0848. The van der Waals surface area contributed by atoms with Gasteiger partial charge in [0.2, 0.25) is 5.91 Å². The van der Waals surface area contributed by atoms with Crippen LogP contribution in [0, 0.1) is 5.82 Å². The number of anilines is 1. The Bertz CT molecular complexity index is 816. The normalized spacial score (nSPS) is 10.9. The number of carbonyl (C=O) groups excluding carboxylic acids is 1. The van der Waals surface area contributed by atoms with Crippen LogP contribution in [0.25, 0.3) is 10.2 Å². The monoisotopic (exact) mass is 392 g/mol. The maximum absolute atomic E-state index is 13.0. The summed E-state index contributed by atoms with van der Waals surface area (Å²) in [6.07, 6.45) is 1.90. The van der Waals surface area contributed by atoms with Crippen molar-refractivity contribution in [2.75, 3.05) is 5.32 Å². The number of benzene rings is 2. The summed E-state index contributed by atoms with van der Waals surface area (Å²) < 4.78 is 14.7. The molecule has 1 N–H and O–H groups in total. The standard InChI is InChI=1S/C17H14BrFN2OS/c18-12-10-11(19)8-9-13(12)20-16(22)6-3-7-17-21-14-4-1-2-5-15(14)23-17/h1-2,4-5,8-10H,3,6-7H2,(H,20,22). The molecule has 0 radical (unpaired) electrons. The lowest BCUT2D eigenvalue weighted by Gasteiger charge is -2.07. The summed E-state index contributed by atoms with van der Waals surface area (Å²) in [5, 5.41) is 3.82. The smallest absolute Gasteiger partial charge is 0.224 e. The molecule has 0 fully saturated rings. The van der Waals surface area contributed by atoms with Crippen molar-refractivity contribution in [2.45, 2.75) is 19.3 Å². The predicted octanol–water partition coefficient (Wildman–Crippen LogP) is 5.16. The number of nitrogens with zero attached hydrogens (tertiary/aromatic N) is 1. The van der Waals surface area contributed by atoms with Crippen LogP contribution in [0.2, 0.25) is 0 Å². The van der Waals surface area contributed by atoms with Crippen LogP contribution in [0.1, 0.15) is 17.8 Å². The number of halogens is 2. The van der Waals surface area contributed by atoms with Crippen molar-refractivity contribution in [2.24, 2.45) is 0 Å². The van der Waals surface area contributed by atoms with Gasteiger partial charge in [-0.1, -0.05) is 12.1 Å². The van der Waals surface area contributed by atoms with Gasteiger partial charge in [-0.25, -0.2) is 9.37 Å². The van der Waals surface area contributed by atoms with Gasteiger partial charge in [0.15, 0.2) is 0 Å². The Kier molecular flexibility index (Phi) is 5.03. The highest BCUT2D eigenvalue weighted by Crippen LogP contribution is 2.24. The number of para-hydroxylation sites is 1. The third-order valence-electron chi connectivity index (χ3n) is 3.34. The van der Waals surface area contributed by atoms with E-state index in [0.29, 0.717) is 16.6 Å². The molecule has 0 aliphatic heterocycles. The maximum Gasteiger partial charge on any atom is 0.224 e. The first-order valence-electron chi connectivity index (χ1n) is 7.21. The summed E-state index contributed by atoms with van der Waals surface area (Å²) in [5.74, 6) is -0.427. The van der Waals surface area contributed by atoms with Crippen LogP contribution in [-0.4, -0.2) is 10.9 Å². The third-order valence-corrected chi connectivity index (χ3v) is 5.09. The molecule has 23 heavy (non-hydrogen) atoms. The minimum atomic E-state index is -0.342. The summed E-state index contributed by atoms with van der Waals surface area (Å²) in [7, 11) is 0. The zero-order valence-corrected chi connectivity index (χ0v) is 14.6. The molecule has 0 saturated carbocycles. The third kappa shape index (κ3) is 4.14. The van der Waals surface area contributed by atoms with Crippen LogP contribution >= 0.6 is 27.3 Å². The molecular formula is C17H14BrFN2OS. The molecule has 0 spiro atoms. The van der Waals surface area contributed by atoms with Crippen LogP contribution in [0.3, 0.4) is 0 Å². The van der Waals surface area contributed by atoms with Crippen LogP contribution in [0.5, 0.6) is 0 Å². The molecule has 0 aliphatic carbocycles. The summed E-state index contributed by atoms with van der Waals surface area (Å²) in [6.45, 7) is 0. The number of amides is 1. The van der Waals surface area contributed by atoms with Gasteiger partial charge in [0.05, 0.1) is 20.9 Å². The molecular weight excluding hydrogens is 379 g/mol. The summed E-state index contributed by atoms with van der Waals surface area (Å²) in [6, 6.07) is 12.2. The quantitative estimate of drug-likeness (QED) is 0.651. The first-order chi connectivity index (χ1) is 11.1. The van der Waals surface area contributed by atoms with E-state index in [2.05, 4.69) is 32.3 Å². The van der Waals surface area contributed by atoms with Crippen LogP contribution in [0.15, 0.2) is 46.9 Å². The van der Waals surface area contributed by atoms with Crippen molar-refractivity contribution in [3.05, 3.63) is 57.8 Å². The van der Waals surface area contributed by atoms with Gasteiger partial charge >= 0.3 is 0 Å². The Morgan fingerprint density at radius 2 is 2.09 bits per heavy atom. The highest BCUT2D eigenvalue weighted by Gasteiger charge is 2.08. The van der Waals surface area contributed by atoms with Gasteiger partial charge in [-0.2, -0.15) is 0 Å². The van der Waals surface area contributed by atoms with Crippen LogP contribution < -0.4 is 5.32 Å². The van der Waals surface area contributed by atoms with E-state index in [1.54, 1.807) is 17.4 Å². The second kappa shape index (κ2) is 7.19. The number of aromatic nitrogens is 1. The lowest BCUT2D eigenvalue weighted by atomic mass is 10.2. The topological polar surface area (TPSA) is 42.0 Å². The number of hydrogen-bond donors (Lipinski definition) is 1. The van der Waals surface area contributed by atoms with E-state index in [4.69, 9.17) is 0 Å². The van der Waals surface area contributed by atoms with Crippen molar-refractivity contribution < 1.29 is 9.18 Å². The van der Waals surface area contributed by atoms with Crippen molar-refractivity contribution in [1.29, 1.82) is 0 Å². The first-order valence-corrected chi connectivity index (χ1v) is 8.82. The van der Waals surface area contributed by atoms with Crippen molar-refractivity contribution in [3.63, 3.8) is 0 Å². The van der Waals surface area contributed by atoms with Gasteiger partial charge in [-0.15, -0.1) is 11.3 Å². The molecule has 3 aromatic rings. The number of nitrogens with one attached hydrogen (secondary N) is 1.